The summed E-state index contributed by atoms with van der Waals surface area (Å²) >= 11 is 1.74. The van der Waals surface area contributed by atoms with Crippen LogP contribution in [0.2, 0.25) is 0 Å². The van der Waals surface area contributed by atoms with Crippen LogP contribution < -0.4 is 5.32 Å². The summed E-state index contributed by atoms with van der Waals surface area (Å²) in [6.07, 6.45) is -0.209. The molecule has 2 saturated heterocycles. The number of hydrogen-bond donors (Lipinski definition) is 1. The van der Waals surface area contributed by atoms with Gasteiger partial charge in [0.05, 0.1) is 18.7 Å². The summed E-state index contributed by atoms with van der Waals surface area (Å²) in [4.78, 5) is 14.4. The normalized spacial score (nSPS) is 29.6. The van der Waals surface area contributed by atoms with Crippen LogP contribution in [-0.4, -0.2) is 47.7 Å². The maximum atomic E-state index is 13.0. The van der Waals surface area contributed by atoms with Crippen molar-refractivity contribution in [3.8, 4) is 0 Å². The van der Waals surface area contributed by atoms with E-state index in [2.05, 4.69) is 5.32 Å². The number of nitrogens with zero attached hydrogens (tertiary/aromatic N) is 1. The number of nitrogens with one attached hydrogen (secondary N) is 1. The standard InChI is InChI=1S/C15H19FN2O2S/c1-10-6-18(15(19)13-8-21-9-17-13)7-14(20-10)11-2-4-12(16)5-3-11/h2-5,10,13-14,17H,6-9H2,1H3/t10-,13+,14-/m0/s1. The van der Waals surface area contributed by atoms with Crippen molar-refractivity contribution < 1.29 is 13.9 Å². The summed E-state index contributed by atoms with van der Waals surface area (Å²) in [5.74, 6) is 1.54. The molecule has 1 amide bonds. The van der Waals surface area contributed by atoms with Gasteiger partial charge in [-0.05, 0) is 24.6 Å². The Hall–Kier alpha value is -1.11. The Bertz CT molecular complexity index is 505. The van der Waals surface area contributed by atoms with Gasteiger partial charge in [-0.3, -0.25) is 10.1 Å². The molecule has 4 nitrogen and oxygen atoms in total. The minimum Gasteiger partial charge on any atom is -0.367 e. The molecule has 0 radical (unpaired) electrons. The van der Waals surface area contributed by atoms with Crippen molar-refractivity contribution in [3.05, 3.63) is 35.6 Å². The first-order valence-corrected chi connectivity index (χ1v) is 8.30. The van der Waals surface area contributed by atoms with E-state index in [0.29, 0.717) is 13.1 Å². The topological polar surface area (TPSA) is 41.6 Å². The lowest BCUT2D eigenvalue weighted by Crippen LogP contribution is -2.52. The molecule has 2 heterocycles. The molecule has 2 fully saturated rings. The Morgan fingerprint density at radius 2 is 2.14 bits per heavy atom. The van der Waals surface area contributed by atoms with Crippen molar-refractivity contribution in [1.29, 1.82) is 0 Å². The Morgan fingerprint density at radius 3 is 2.81 bits per heavy atom. The van der Waals surface area contributed by atoms with Crippen molar-refractivity contribution >= 4 is 17.7 Å². The maximum Gasteiger partial charge on any atom is 0.240 e. The minimum absolute atomic E-state index is 0.0215. The van der Waals surface area contributed by atoms with E-state index >= 15 is 0 Å². The largest absolute Gasteiger partial charge is 0.367 e. The molecule has 0 aliphatic carbocycles. The zero-order chi connectivity index (χ0) is 14.8. The van der Waals surface area contributed by atoms with Crippen LogP contribution in [0.25, 0.3) is 0 Å². The molecule has 0 bridgehead atoms. The summed E-state index contributed by atoms with van der Waals surface area (Å²) in [7, 11) is 0. The van der Waals surface area contributed by atoms with Gasteiger partial charge in [0.2, 0.25) is 5.91 Å². The van der Waals surface area contributed by atoms with Crippen molar-refractivity contribution in [2.45, 2.75) is 25.2 Å². The molecule has 3 atom stereocenters. The molecule has 1 aromatic rings. The Labute approximate surface area is 128 Å². The van der Waals surface area contributed by atoms with E-state index in [4.69, 9.17) is 4.74 Å². The van der Waals surface area contributed by atoms with Crippen molar-refractivity contribution in [2.24, 2.45) is 0 Å². The third-order valence-corrected chi connectivity index (χ3v) is 4.77. The van der Waals surface area contributed by atoms with E-state index < -0.39 is 0 Å². The SMILES string of the molecule is C[C@H]1CN(C(=O)[C@H]2CSCN2)C[C@@H](c2ccc(F)cc2)O1. The summed E-state index contributed by atoms with van der Waals surface area (Å²) in [5, 5.41) is 3.21. The zero-order valence-electron chi connectivity index (χ0n) is 11.9. The van der Waals surface area contributed by atoms with Crippen molar-refractivity contribution in [2.75, 3.05) is 24.7 Å². The van der Waals surface area contributed by atoms with E-state index in [-0.39, 0.29) is 30.0 Å². The molecule has 2 aliphatic rings. The quantitative estimate of drug-likeness (QED) is 0.904. The number of amides is 1. The van der Waals surface area contributed by atoms with Crippen molar-refractivity contribution in [3.63, 3.8) is 0 Å². The number of carbonyl (C=O) groups is 1. The highest BCUT2D eigenvalue weighted by atomic mass is 32.2. The van der Waals surface area contributed by atoms with Gasteiger partial charge in [0.25, 0.3) is 0 Å². The van der Waals surface area contributed by atoms with Crippen LogP contribution >= 0.6 is 11.8 Å². The summed E-state index contributed by atoms with van der Waals surface area (Å²) in [6.45, 7) is 3.10. The Morgan fingerprint density at radius 1 is 1.38 bits per heavy atom. The second kappa shape index (κ2) is 6.34. The average Bonchev–Trinajstić information content (AvgIpc) is 3.00. The molecule has 0 saturated carbocycles. The minimum atomic E-state index is -0.261. The first-order chi connectivity index (χ1) is 10.1. The number of ether oxygens (including phenoxy) is 1. The molecule has 1 N–H and O–H groups in total. The predicted molar refractivity (Wildman–Crippen MR) is 80.5 cm³/mol. The number of hydrogen-bond acceptors (Lipinski definition) is 4. The molecular formula is C15H19FN2O2S. The van der Waals surface area contributed by atoms with Gasteiger partial charge in [-0.2, -0.15) is 0 Å². The lowest BCUT2D eigenvalue weighted by atomic mass is 10.1. The summed E-state index contributed by atoms with van der Waals surface area (Å²) in [5.41, 5.74) is 0.912. The molecular weight excluding hydrogens is 291 g/mol. The molecule has 0 aromatic heterocycles. The lowest BCUT2D eigenvalue weighted by Gasteiger charge is -2.38. The molecule has 2 aliphatic heterocycles. The Balaban J connectivity index is 1.71. The maximum absolute atomic E-state index is 13.0. The second-order valence-corrected chi connectivity index (χ2v) is 6.53. The van der Waals surface area contributed by atoms with E-state index in [0.717, 1.165) is 17.2 Å². The van der Waals surface area contributed by atoms with Crippen LogP contribution in [0.4, 0.5) is 4.39 Å². The fraction of sp³-hybridized carbons (Fsp3) is 0.533. The van der Waals surface area contributed by atoms with Crippen LogP contribution in [0, 0.1) is 5.82 Å². The highest BCUT2D eigenvalue weighted by Crippen LogP contribution is 2.26. The number of halogens is 1. The van der Waals surface area contributed by atoms with Gasteiger partial charge < -0.3 is 9.64 Å². The lowest BCUT2D eigenvalue weighted by molar-refractivity contribution is -0.146. The van der Waals surface area contributed by atoms with Crippen LogP contribution in [-0.2, 0) is 9.53 Å². The monoisotopic (exact) mass is 310 g/mol. The fourth-order valence-corrected chi connectivity index (χ4v) is 3.70. The van der Waals surface area contributed by atoms with Gasteiger partial charge in [-0.15, -0.1) is 11.8 Å². The molecule has 0 unspecified atom stereocenters. The van der Waals surface area contributed by atoms with E-state index in [1.54, 1.807) is 23.9 Å². The number of benzene rings is 1. The van der Waals surface area contributed by atoms with Gasteiger partial charge in [0.1, 0.15) is 11.9 Å². The summed E-state index contributed by atoms with van der Waals surface area (Å²) in [6, 6.07) is 6.22. The zero-order valence-corrected chi connectivity index (χ0v) is 12.7. The second-order valence-electron chi connectivity index (χ2n) is 5.50. The van der Waals surface area contributed by atoms with E-state index in [9.17, 15) is 9.18 Å². The highest BCUT2D eigenvalue weighted by molar-refractivity contribution is 7.99. The molecule has 6 heteroatoms. The molecule has 21 heavy (non-hydrogen) atoms. The number of morpholine rings is 1. The van der Waals surface area contributed by atoms with Crippen LogP contribution in [0.15, 0.2) is 24.3 Å². The third-order valence-electron chi connectivity index (χ3n) is 3.83. The molecule has 0 spiro atoms. The smallest absolute Gasteiger partial charge is 0.240 e. The van der Waals surface area contributed by atoms with Crippen LogP contribution in [0.1, 0.15) is 18.6 Å². The van der Waals surface area contributed by atoms with Crippen LogP contribution in [0.5, 0.6) is 0 Å². The highest BCUT2D eigenvalue weighted by Gasteiger charge is 2.33. The molecule has 114 valence electrons. The van der Waals surface area contributed by atoms with Gasteiger partial charge in [0, 0.05) is 18.2 Å². The van der Waals surface area contributed by atoms with Gasteiger partial charge in [-0.1, -0.05) is 12.1 Å². The summed E-state index contributed by atoms with van der Waals surface area (Å²) < 4.78 is 18.9. The van der Waals surface area contributed by atoms with Gasteiger partial charge >= 0.3 is 0 Å². The third kappa shape index (κ3) is 3.39. The van der Waals surface area contributed by atoms with E-state index in [1.165, 1.54) is 12.1 Å². The van der Waals surface area contributed by atoms with Crippen LogP contribution in [0.3, 0.4) is 0 Å². The van der Waals surface area contributed by atoms with Crippen molar-refractivity contribution in [1.82, 2.24) is 10.2 Å². The molecule has 3 rings (SSSR count). The Kier molecular flexibility index (Phi) is 4.47. The number of rotatable bonds is 2. The fourth-order valence-electron chi connectivity index (χ4n) is 2.77. The van der Waals surface area contributed by atoms with Gasteiger partial charge in [0.15, 0.2) is 0 Å². The van der Waals surface area contributed by atoms with E-state index in [1.807, 2.05) is 11.8 Å². The van der Waals surface area contributed by atoms with Gasteiger partial charge in [-0.25, -0.2) is 4.39 Å². The first-order valence-electron chi connectivity index (χ1n) is 7.14. The molecule has 1 aromatic carbocycles. The first kappa shape index (κ1) is 14.8. The number of carbonyl (C=O) groups excluding carboxylic acids is 1. The predicted octanol–water partition coefficient (Wildman–Crippen LogP) is 1.78. The number of thioether (sulfide) groups is 1. The average molecular weight is 310 g/mol.